The molecule has 0 unspecified atom stereocenters. The van der Waals surface area contributed by atoms with Gasteiger partial charge in [0.15, 0.2) is 0 Å². The lowest BCUT2D eigenvalue weighted by Crippen LogP contribution is -2.03. The van der Waals surface area contributed by atoms with Gasteiger partial charge in [-0.05, 0) is 13.3 Å². The van der Waals surface area contributed by atoms with Crippen molar-refractivity contribution in [2.45, 2.75) is 90.9 Å². The summed E-state index contributed by atoms with van der Waals surface area (Å²) in [6, 6.07) is 0. The van der Waals surface area contributed by atoms with Crippen LogP contribution in [0.15, 0.2) is 0 Å². The Labute approximate surface area is 120 Å². The van der Waals surface area contributed by atoms with E-state index in [-0.39, 0.29) is 0 Å². The third-order valence-electron chi connectivity index (χ3n) is 3.45. The van der Waals surface area contributed by atoms with E-state index >= 15 is 0 Å². The van der Waals surface area contributed by atoms with Crippen LogP contribution in [0, 0.1) is 6.10 Å². The highest BCUT2D eigenvalue weighted by molar-refractivity contribution is 4.64. The summed E-state index contributed by atoms with van der Waals surface area (Å²) >= 11 is 0. The van der Waals surface area contributed by atoms with E-state index in [2.05, 4.69) is 6.92 Å². The third kappa shape index (κ3) is 17.9. The zero-order valence-corrected chi connectivity index (χ0v) is 13.3. The molecular weight excluding hydrogens is 236 g/mol. The van der Waals surface area contributed by atoms with Crippen molar-refractivity contribution in [1.29, 1.82) is 0 Å². The van der Waals surface area contributed by atoms with Crippen LogP contribution in [-0.2, 0) is 4.74 Å². The first-order chi connectivity index (χ1) is 9.27. The minimum absolute atomic E-state index is 0.374. The molecule has 0 rings (SSSR count). The van der Waals surface area contributed by atoms with Crippen molar-refractivity contribution in [3.8, 4) is 0 Å². The summed E-state index contributed by atoms with van der Waals surface area (Å²) in [4.78, 5) is 0. The van der Waals surface area contributed by atoms with Gasteiger partial charge in [0, 0.05) is 6.61 Å². The monoisotopic (exact) mass is 271 g/mol. The molecule has 2 heteroatoms. The van der Waals surface area contributed by atoms with E-state index in [4.69, 9.17) is 9.84 Å². The van der Waals surface area contributed by atoms with E-state index < -0.39 is 0 Å². The van der Waals surface area contributed by atoms with Gasteiger partial charge in [-0.25, -0.2) is 0 Å². The number of rotatable bonds is 15. The van der Waals surface area contributed by atoms with Gasteiger partial charge in [-0.3, -0.25) is 0 Å². The maximum absolute atomic E-state index is 8.94. The summed E-state index contributed by atoms with van der Waals surface area (Å²) in [6.45, 7) is 5.14. The largest absolute Gasteiger partial charge is 0.385 e. The van der Waals surface area contributed by atoms with Gasteiger partial charge in [-0.2, -0.15) is 0 Å². The van der Waals surface area contributed by atoms with E-state index in [0.717, 1.165) is 13.0 Å². The van der Waals surface area contributed by atoms with Gasteiger partial charge in [0.1, 0.15) is 6.10 Å². The van der Waals surface area contributed by atoms with Crippen LogP contribution >= 0.6 is 0 Å². The summed E-state index contributed by atoms with van der Waals surface area (Å²) in [5.74, 6) is 0. The van der Waals surface area contributed by atoms with Crippen LogP contribution in [0.25, 0.3) is 0 Å². The summed E-state index contributed by atoms with van der Waals surface area (Å²) in [5.41, 5.74) is 0. The Bertz CT molecular complexity index is 157. The Morgan fingerprint density at radius 1 is 0.737 bits per heavy atom. The highest BCUT2D eigenvalue weighted by Gasteiger charge is 1.96. The van der Waals surface area contributed by atoms with Gasteiger partial charge in [-0.1, -0.05) is 77.6 Å². The molecule has 115 valence electrons. The molecule has 0 heterocycles. The topological polar surface area (TPSA) is 29.5 Å². The van der Waals surface area contributed by atoms with E-state index in [0.29, 0.717) is 12.7 Å². The number of ether oxygens (including phenoxy) is 1. The molecule has 1 radical (unpaired) electrons. The molecule has 0 aromatic rings. The summed E-state index contributed by atoms with van der Waals surface area (Å²) in [6.07, 6.45) is 16.8. The minimum atomic E-state index is 0.374. The zero-order chi connectivity index (χ0) is 14.2. The third-order valence-corrected chi connectivity index (χ3v) is 3.45. The van der Waals surface area contributed by atoms with Crippen molar-refractivity contribution >= 4 is 0 Å². The van der Waals surface area contributed by atoms with Gasteiger partial charge in [-0.15, -0.1) is 0 Å². The second-order valence-corrected chi connectivity index (χ2v) is 5.68. The minimum Gasteiger partial charge on any atom is -0.385 e. The van der Waals surface area contributed by atoms with Crippen molar-refractivity contribution in [2.75, 3.05) is 13.2 Å². The van der Waals surface area contributed by atoms with Crippen LogP contribution in [-0.4, -0.2) is 18.3 Å². The maximum Gasteiger partial charge on any atom is 0.116 e. The molecule has 1 N–H and O–H groups in total. The predicted molar refractivity (Wildman–Crippen MR) is 82.7 cm³/mol. The first-order valence-corrected chi connectivity index (χ1v) is 8.36. The molecule has 0 aromatic carbocycles. The van der Waals surface area contributed by atoms with Crippen molar-refractivity contribution in [2.24, 2.45) is 0 Å². The van der Waals surface area contributed by atoms with Gasteiger partial charge in [0.25, 0.3) is 0 Å². The fourth-order valence-electron chi connectivity index (χ4n) is 2.26. The summed E-state index contributed by atoms with van der Waals surface area (Å²) < 4.78 is 5.30. The molecule has 0 saturated carbocycles. The fraction of sp³-hybridized carbons (Fsp3) is 0.941. The lowest BCUT2D eigenvalue weighted by atomic mass is 10.1. The number of unbranched alkanes of at least 4 members (excludes halogenated alkanes) is 11. The zero-order valence-electron chi connectivity index (χ0n) is 13.3. The van der Waals surface area contributed by atoms with Crippen LogP contribution < -0.4 is 0 Å². The van der Waals surface area contributed by atoms with Crippen LogP contribution in [0.3, 0.4) is 0 Å². The molecule has 0 aliphatic heterocycles. The highest BCUT2D eigenvalue weighted by atomic mass is 16.5. The Hall–Kier alpha value is -0.0800. The second kappa shape index (κ2) is 16.0. The van der Waals surface area contributed by atoms with Crippen LogP contribution in [0.5, 0.6) is 0 Å². The molecule has 0 aliphatic rings. The van der Waals surface area contributed by atoms with E-state index in [9.17, 15) is 0 Å². The van der Waals surface area contributed by atoms with Crippen LogP contribution in [0.4, 0.5) is 0 Å². The molecule has 0 bridgehead atoms. The quantitative estimate of drug-likeness (QED) is 0.391. The van der Waals surface area contributed by atoms with E-state index in [1.165, 1.54) is 70.6 Å². The summed E-state index contributed by atoms with van der Waals surface area (Å²) in [7, 11) is 0. The molecule has 0 fully saturated rings. The van der Waals surface area contributed by atoms with Crippen molar-refractivity contribution in [1.82, 2.24) is 0 Å². The lowest BCUT2D eigenvalue weighted by Gasteiger charge is -2.05. The lowest BCUT2D eigenvalue weighted by molar-refractivity contribution is 0.0953. The first kappa shape index (κ1) is 18.9. The molecule has 0 amide bonds. The Kier molecular flexibility index (Phi) is 15.9. The SMILES string of the molecule is CCCCCCCCCCCCCCOC[C](C)O. The first-order valence-electron chi connectivity index (χ1n) is 8.36. The maximum atomic E-state index is 8.94. The second-order valence-electron chi connectivity index (χ2n) is 5.68. The number of aliphatic hydroxyl groups is 1. The molecular formula is C17H35O2. The Morgan fingerprint density at radius 2 is 1.16 bits per heavy atom. The van der Waals surface area contributed by atoms with Gasteiger partial charge in [0.05, 0.1) is 6.61 Å². The number of hydrogen-bond acceptors (Lipinski definition) is 2. The van der Waals surface area contributed by atoms with Gasteiger partial charge >= 0.3 is 0 Å². The molecule has 0 saturated heterocycles. The predicted octanol–water partition coefficient (Wildman–Crippen LogP) is 5.63. The standard InChI is InChI=1S/C17H35O2/c1-3-4-5-6-7-8-9-10-11-12-13-14-15-19-16-17(2)18/h18H,3-16H2,1-2H3. The van der Waals surface area contributed by atoms with Crippen molar-refractivity contribution in [3.63, 3.8) is 0 Å². The molecule has 2 nitrogen and oxygen atoms in total. The van der Waals surface area contributed by atoms with E-state index in [1.54, 1.807) is 6.92 Å². The summed E-state index contributed by atoms with van der Waals surface area (Å²) in [5, 5.41) is 8.94. The van der Waals surface area contributed by atoms with Crippen LogP contribution in [0.2, 0.25) is 0 Å². The van der Waals surface area contributed by atoms with Crippen LogP contribution in [0.1, 0.15) is 90.9 Å². The average Bonchev–Trinajstić information content (AvgIpc) is 2.39. The number of aliphatic hydroxyl groups excluding tert-OH is 1. The number of hydrogen-bond donors (Lipinski definition) is 1. The molecule has 19 heavy (non-hydrogen) atoms. The smallest absolute Gasteiger partial charge is 0.116 e. The Balaban J connectivity index is 2.91. The van der Waals surface area contributed by atoms with Gasteiger partial charge in [0.2, 0.25) is 0 Å². The Morgan fingerprint density at radius 3 is 1.58 bits per heavy atom. The molecule has 0 aliphatic carbocycles. The normalized spacial score (nSPS) is 11.4. The van der Waals surface area contributed by atoms with E-state index in [1.807, 2.05) is 0 Å². The fourth-order valence-corrected chi connectivity index (χ4v) is 2.26. The molecule has 0 atom stereocenters. The average molecular weight is 271 g/mol. The molecule has 0 spiro atoms. The van der Waals surface area contributed by atoms with Crippen molar-refractivity contribution in [3.05, 3.63) is 6.10 Å². The highest BCUT2D eigenvalue weighted by Crippen LogP contribution is 2.11. The van der Waals surface area contributed by atoms with Gasteiger partial charge < -0.3 is 9.84 Å². The molecule has 0 aromatic heterocycles. The van der Waals surface area contributed by atoms with Crippen molar-refractivity contribution < 1.29 is 9.84 Å².